The summed E-state index contributed by atoms with van der Waals surface area (Å²) >= 11 is 0. The molecule has 1 aromatic rings. The van der Waals surface area contributed by atoms with Crippen LogP contribution in [-0.2, 0) is 9.53 Å². The first kappa shape index (κ1) is 17.3. The van der Waals surface area contributed by atoms with Crippen LogP contribution in [0.15, 0.2) is 30.3 Å². The molecule has 0 radical (unpaired) electrons. The van der Waals surface area contributed by atoms with Gasteiger partial charge in [-0.1, -0.05) is 30.3 Å². The minimum absolute atomic E-state index is 0.00550. The number of benzene rings is 1. The molecule has 0 aliphatic carbocycles. The lowest BCUT2D eigenvalue weighted by molar-refractivity contribution is -0.123. The number of ether oxygens (including phenoxy) is 1. The van der Waals surface area contributed by atoms with Gasteiger partial charge in [0.1, 0.15) is 0 Å². The highest BCUT2D eigenvalue weighted by molar-refractivity contribution is 5.78. The molecule has 2 rings (SSSR count). The van der Waals surface area contributed by atoms with Crippen molar-refractivity contribution in [2.45, 2.75) is 19.9 Å². The predicted octanol–water partition coefficient (Wildman–Crippen LogP) is 1.64. The number of amides is 2. The Balaban J connectivity index is 1.73. The maximum absolute atomic E-state index is 12.2. The van der Waals surface area contributed by atoms with E-state index in [2.05, 4.69) is 10.2 Å². The molecule has 2 amide bonds. The van der Waals surface area contributed by atoms with E-state index in [-0.39, 0.29) is 18.0 Å². The second-order valence-corrected chi connectivity index (χ2v) is 5.66. The van der Waals surface area contributed by atoms with Crippen molar-refractivity contribution in [3.8, 4) is 0 Å². The number of hydrogen-bond donors (Lipinski definition) is 1. The number of piperazine rings is 1. The minimum atomic E-state index is -0.269. The van der Waals surface area contributed by atoms with E-state index in [4.69, 9.17) is 4.74 Å². The molecule has 0 saturated carbocycles. The van der Waals surface area contributed by atoms with Gasteiger partial charge in [-0.2, -0.15) is 0 Å². The average molecular weight is 319 g/mol. The molecule has 23 heavy (non-hydrogen) atoms. The van der Waals surface area contributed by atoms with Gasteiger partial charge in [0.25, 0.3) is 0 Å². The fraction of sp³-hybridized carbons (Fsp3) is 0.529. The zero-order valence-electron chi connectivity index (χ0n) is 13.8. The molecule has 0 unspecified atom stereocenters. The Morgan fingerprint density at radius 2 is 1.83 bits per heavy atom. The lowest BCUT2D eigenvalue weighted by Gasteiger charge is -2.33. The molecular weight excluding hydrogens is 294 g/mol. The maximum Gasteiger partial charge on any atom is 0.409 e. The van der Waals surface area contributed by atoms with Crippen LogP contribution in [0.25, 0.3) is 0 Å². The molecule has 1 atom stereocenters. The monoisotopic (exact) mass is 319 g/mol. The number of nitrogens with one attached hydrogen (secondary N) is 1. The summed E-state index contributed by atoms with van der Waals surface area (Å²) < 4.78 is 4.99. The van der Waals surface area contributed by atoms with Gasteiger partial charge in [-0.05, 0) is 19.4 Å². The fourth-order valence-electron chi connectivity index (χ4n) is 2.62. The summed E-state index contributed by atoms with van der Waals surface area (Å²) in [5.74, 6) is 0.00550. The quantitative estimate of drug-likeness (QED) is 0.896. The first-order valence-corrected chi connectivity index (χ1v) is 8.08. The standard InChI is InChI=1S/C17H25N3O3/c1-3-23-17(22)20-11-9-19(10-12-20)13-16(21)18-14(2)15-7-5-4-6-8-15/h4-8,14H,3,9-13H2,1-2H3,(H,18,21)/t14-/m1/s1. The van der Waals surface area contributed by atoms with Crippen LogP contribution in [0.2, 0.25) is 0 Å². The van der Waals surface area contributed by atoms with E-state index < -0.39 is 0 Å². The second kappa shape index (κ2) is 8.53. The zero-order chi connectivity index (χ0) is 16.7. The summed E-state index contributed by atoms with van der Waals surface area (Å²) in [5.41, 5.74) is 1.09. The van der Waals surface area contributed by atoms with E-state index >= 15 is 0 Å². The van der Waals surface area contributed by atoms with Gasteiger partial charge in [0.05, 0.1) is 19.2 Å². The molecule has 1 aliphatic heterocycles. The Morgan fingerprint density at radius 3 is 2.43 bits per heavy atom. The topological polar surface area (TPSA) is 61.9 Å². The Kier molecular flexibility index (Phi) is 6.40. The summed E-state index contributed by atoms with van der Waals surface area (Å²) in [6.07, 6.45) is -0.269. The molecular formula is C17H25N3O3. The highest BCUT2D eigenvalue weighted by Gasteiger charge is 2.23. The molecule has 0 bridgehead atoms. The minimum Gasteiger partial charge on any atom is -0.450 e. The summed E-state index contributed by atoms with van der Waals surface area (Å²) in [4.78, 5) is 27.5. The van der Waals surface area contributed by atoms with Crippen molar-refractivity contribution in [3.05, 3.63) is 35.9 Å². The number of rotatable bonds is 5. The molecule has 1 N–H and O–H groups in total. The summed E-state index contributed by atoms with van der Waals surface area (Å²) in [6.45, 7) is 7.09. The number of hydrogen-bond acceptors (Lipinski definition) is 4. The van der Waals surface area contributed by atoms with Gasteiger partial charge in [-0.15, -0.1) is 0 Å². The van der Waals surface area contributed by atoms with E-state index in [0.29, 0.717) is 39.3 Å². The largest absolute Gasteiger partial charge is 0.450 e. The Bertz CT molecular complexity index is 513. The molecule has 1 aromatic carbocycles. The summed E-state index contributed by atoms with van der Waals surface area (Å²) in [7, 11) is 0. The van der Waals surface area contributed by atoms with Crippen molar-refractivity contribution in [1.82, 2.24) is 15.1 Å². The van der Waals surface area contributed by atoms with Crippen LogP contribution in [0.4, 0.5) is 4.79 Å². The third kappa shape index (κ3) is 5.25. The Labute approximate surface area is 137 Å². The van der Waals surface area contributed by atoms with E-state index in [0.717, 1.165) is 5.56 Å². The van der Waals surface area contributed by atoms with Crippen LogP contribution in [0.1, 0.15) is 25.5 Å². The van der Waals surface area contributed by atoms with Gasteiger partial charge in [0.15, 0.2) is 0 Å². The molecule has 126 valence electrons. The first-order valence-electron chi connectivity index (χ1n) is 8.08. The van der Waals surface area contributed by atoms with Gasteiger partial charge in [0.2, 0.25) is 5.91 Å². The van der Waals surface area contributed by atoms with Crippen LogP contribution in [0.3, 0.4) is 0 Å². The highest BCUT2D eigenvalue weighted by Crippen LogP contribution is 2.11. The van der Waals surface area contributed by atoms with Crippen molar-refractivity contribution in [2.24, 2.45) is 0 Å². The lowest BCUT2D eigenvalue weighted by Crippen LogP contribution is -2.51. The van der Waals surface area contributed by atoms with Gasteiger partial charge in [0, 0.05) is 26.2 Å². The van der Waals surface area contributed by atoms with Crippen molar-refractivity contribution in [2.75, 3.05) is 39.3 Å². The molecule has 1 heterocycles. The van der Waals surface area contributed by atoms with Crippen LogP contribution >= 0.6 is 0 Å². The molecule has 0 spiro atoms. The summed E-state index contributed by atoms with van der Waals surface area (Å²) in [6, 6.07) is 9.89. The van der Waals surface area contributed by atoms with Crippen molar-refractivity contribution >= 4 is 12.0 Å². The van der Waals surface area contributed by atoms with Gasteiger partial charge >= 0.3 is 6.09 Å². The van der Waals surface area contributed by atoms with Crippen LogP contribution < -0.4 is 5.32 Å². The first-order chi connectivity index (χ1) is 11.1. The average Bonchev–Trinajstić information content (AvgIpc) is 2.56. The zero-order valence-corrected chi connectivity index (χ0v) is 13.8. The highest BCUT2D eigenvalue weighted by atomic mass is 16.6. The van der Waals surface area contributed by atoms with Crippen molar-refractivity contribution in [3.63, 3.8) is 0 Å². The van der Waals surface area contributed by atoms with E-state index in [1.807, 2.05) is 37.3 Å². The molecule has 6 heteroatoms. The SMILES string of the molecule is CCOC(=O)N1CCN(CC(=O)N[C@H](C)c2ccccc2)CC1. The van der Waals surface area contributed by atoms with E-state index in [1.165, 1.54) is 0 Å². The predicted molar refractivity (Wildman–Crippen MR) is 88.0 cm³/mol. The number of nitrogens with zero attached hydrogens (tertiary/aromatic N) is 2. The molecule has 1 saturated heterocycles. The summed E-state index contributed by atoms with van der Waals surface area (Å²) in [5, 5.41) is 3.01. The third-order valence-electron chi connectivity index (χ3n) is 3.94. The van der Waals surface area contributed by atoms with Gasteiger partial charge in [-0.3, -0.25) is 9.69 Å². The van der Waals surface area contributed by atoms with Crippen LogP contribution in [0, 0.1) is 0 Å². The van der Waals surface area contributed by atoms with Crippen LogP contribution in [0.5, 0.6) is 0 Å². The van der Waals surface area contributed by atoms with E-state index in [1.54, 1.807) is 11.8 Å². The van der Waals surface area contributed by atoms with Crippen molar-refractivity contribution in [1.29, 1.82) is 0 Å². The van der Waals surface area contributed by atoms with Crippen LogP contribution in [-0.4, -0.2) is 61.1 Å². The Hall–Kier alpha value is -2.08. The third-order valence-corrected chi connectivity index (χ3v) is 3.94. The smallest absolute Gasteiger partial charge is 0.409 e. The van der Waals surface area contributed by atoms with Crippen molar-refractivity contribution < 1.29 is 14.3 Å². The maximum atomic E-state index is 12.2. The fourth-order valence-corrected chi connectivity index (χ4v) is 2.62. The van der Waals surface area contributed by atoms with E-state index in [9.17, 15) is 9.59 Å². The Morgan fingerprint density at radius 1 is 1.17 bits per heavy atom. The second-order valence-electron chi connectivity index (χ2n) is 5.66. The number of carbonyl (C=O) groups is 2. The molecule has 1 aliphatic rings. The lowest BCUT2D eigenvalue weighted by atomic mass is 10.1. The normalized spacial score (nSPS) is 16.7. The van der Waals surface area contributed by atoms with Gasteiger partial charge in [-0.25, -0.2) is 4.79 Å². The molecule has 6 nitrogen and oxygen atoms in total. The van der Waals surface area contributed by atoms with Gasteiger partial charge < -0.3 is 15.0 Å². The molecule has 0 aromatic heterocycles. The number of carbonyl (C=O) groups excluding carboxylic acids is 2. The molecule has 1 fully saturated rings.